The van der Waals surface area contributed by atoms with E-state index in [1.165, 1.54) is 75.3 Å². The Bertz CT molecular complexity index is 704. The SMILES string of the molecule is CCN(C/C=C\c1ccc(C2C3CC4CC(C3)CC2C4)c(Cl)c1)C1CCCCC1. The van der Waals surface area contributed by atoms with E-state index in [2.05, 4.69) is 42.2 Å². The summed E-state index contributed by atoms with van der Waals surface area (Å²) in [6, 6.07) is 7.71. The fraction of sp³-hybridized carbons (Fsp3) is 0.704. The third-order valence-electron chi connectivity index (χ3n) is 8.76. The van der Waals surface area contributed by atoms with Crippen molar-refractivity contribution in [3.63, 3.8) is 0 Å². The van der Waals surface area contributed by atoms with Crippen LogP contribution in [0.15, 0.2) is 24.3 Å². The van der Waals surface area contributed by atoms with E-state index in [0.717, 1.165) is 53.7 Å². The van der Waals surface area contributed by atoms with E-state index < -0.39 is 0 Å². The van der Waals surface area contributed by atoms with Gasteiger partial charge in [0, 0.05) is 17.6 Å². The van der Waals surface area contributed by atoms with Gasteiger partial charge in [0.15, 0.2) is 0 Å². The number of hydrogen-bond donors (Lipinski definition) is 0. The minimum Gasteiger partial charge on any atom is -0.297 e. The van der Waals surface area contributed by atoms with Crippen LogP contribution in [0, 0.1) is 23.7 Å². The highest BCUT2D eigenvalue weighted by molar-refractivity contribution is 6.31. The molecule has 0 unspecified atom stereocenters. The largest absolute Gasteiger partial charge is 0.297 e. The Morgan fingerprint density at radius 1 is 0.966 bits per heavy atom. The van der Waals surface area contributed by atoms with Gasteiger partial charge < -0.3 is 0 Å². The lowest BCUT2D eigenvalue weighted by Gasteiger charge is -2.54. The summed E-state index contributed by atoms with van der Waals surface area (Å²) in [4.78, 5) is 2.65. The lowest BCUT2D eigenvalue weighted by molar-refractivity contribution is -0.00275. The number of rotatable bonds is 6. The quantitative estimate of drug-likeness (QED) is 0.467. The molecule has 4 bridgehead atoms. The molecule has 0 saturated heterocycles. The van der Waals surface area contributed by atoms with E-state index in [0.29, 0.717) is 0 Å². The Balaban J connectivity index is 1.24. The first-order chi connectivity index (χ1) is 14.2. The molecule has 0 aromatic heterocycles. The van der Waals surface area contributed by atoms with Crippen LogP contribution in [0.25, 0.3) is 6.08 Å². The first-order valence-electron chi connectivity index (χ1n) is 12.4. The molecule has 1 aromatic carbocycles. The molecule has 0 atom stereocenters. The van der Waals surface area contributed by atoms with Crippen LogP contribution in [-0.2, 0) is 0 Å². The van der Waals surface area contributed by atoms with Crippen LogP contribution in [0.2, 0.25) is 5.02 Å². The maximum Gasteiger partial charge on any atom is 0.0446 e. The molecule has 0 spiro atoms. The minimum absolute atomic E-state index is 0.732. The van der Waals surface area contributed by atoms with Gasteiger partial charge >= 0.3 is 0 Å². The van der Waals surface area contributed by atoms with Crippen LogP contribution in [0.4, 0.5) is 0 Å². The molecule has 5 fully saturated rings. The molecular formula is C27H38ClN. The van der Waals surface area contributed by atoms with E-state index in [9.17, 15) is 0 Å². The van der Waals surface area contributed by atoms with Crippen LogP contribution < -0.4 is 0 Å². The number of hydrogen-bond acceptors (Lipinski definition) is 1. The van der Waals surface area contributed by atoms with Crippen LogP contribution >= 0.6 is 11.6 Å². The average Bonchev–Trinajstić information content (AvgIpc) is 2.72. The molecule has 0 N–H and O–H groups in total. The maximum atomic E-state index is 6.87. The summed E-state index contributed by atoms with van der Waals surface area (Å²) in [7, 11) is 0. The molecule has 0 aliphatic heterocycles. The number of nitrogens with zero attached hydrogens (tertiary/aromatic N) is 1. The number of likely N-dealkylation sites (N-methyl/N-ethyl adjacent to an activating group) is 1. The summed E-state index contributed by atoms with van der Waals surface area (Å²) >= 11 is 6.87. The average molecular weight is 412 g/mol. The topological polar surface area (TPSA) is 3.24 Å². The zero-order valence-corrected chi connectivity index (χ0v) is 18.9. The fourth-order valence-electron chi connectivity index (χ4n) is 7.66. The summed E-state index contributed by atoms with van der Waals surface area (Å²) in [5.74, 6) is 4.59. The van der Waals surface area contributed by atoms with Crippen LogP contribution in [-0.4, -0.2) is 24.0 Å². The Morgan fingerprint density at radius 2 is 1.66 bits per heavy atom. The zero-order valence-electron chi connectivity index (χ0n) is 18.2. The van der Waals surface area contributed by atoms with E-state index in [-0.39, 0.29) is 0 Å². The summed E-state index contributed by atoms with van der Waals surface area (Å²) in [5, 5.41) is 1.02. The van der Waals surface area contributed by atoms with Gasteiger partial charge in [0.05, 0.1) is 0 Å². The third kappa shape index (κ3) is 4.19. The molecule has 5 aliphatic rings. The van der Waals surface area contributed by atoms with Crippen LogP contribution in [0.3, 0.4) is 0 Å². The van der Waals surface area contributed by atoms with Crippen molar-refractivity contribution in [1.29, 1.82) is 0 Å². The molecule has 5 saturated carbocycles. The summed E-state index contributed by atoms with van der Waals surface area (Å²) in [6.45, 7) is 4.52. The van der Waals surface area contributed by atoms with E-state index in [1.807, 2.05) is 0 Å². The number of halogens is 1. The van der Waals surface area contributed by atoms with Crippen molar-refractivity contribution >= 4 is 17.7 Å². The highest BCUT2D eigenvalue weighted by Crippen LogP contribution is 2.60. The smallest absolute Gasteiger partial charge is 0.0446 e. The Morgan fingerprint density at radius 3 is 2.28 bits per heavy atom. The highest BCUT2D eigenvalue weighted by Gasteiger charge is 2.48. The van der Waals surface area contributed by atoms with Gasteiger partial charge in [-0.05, 0) is 98.3 Å². The van der Waals surface area contributed by atoms with E-state index in [1.54, 1.807) is 0 Å². The van der Waals surface area contributed by atoms with Gasteiger partial charge in [-0.2, -0.15) is 0 Å². The molecule has 1 aromatic rings. The minimum atomic E-state index is 0.732. The molecule has 2 heteroatoms. The van der Waals surface area contributed by atoms with Gasteiger partial charge in [-0.3, -0.25) is 4.90 Å². The van der Waals surface area contributed by atoms with Gasteiger partial charge in [0.2, 0.25) is 0 Å². The first kappa shape index (κ1) is 20.1. The molecule has 0 amide bonds. The van der Waals surface area contributed by atoms with E-state index in [4.69, 9.17) is 11.6 Å². The van der Waals surface area contributed by atoms with Crippen molar-refractivity contribution in [3.05, 3.63) is 40.4 Å². The zero-order chi connectivity index (χ0) is 19.8. The molecular weight excluding hydrogens is 374 g/mol. The van der Waals surface area contributed by atoms with Gasteiger partial charge in [-0.15, -0.1) is 0 Å². The van der Waals surface area contributed by atoms with Crippen molar-refractivity contribution in [1.82, 2.24) is 4.90 Å². The second-order valence-corrected chi connectivity index (χ2v) is 10.9. The van der Waals surface area contributed by atoms with Crippen molar-refractivity contribution < 1.29 is 0 Å². The van der Waals surface area contributed by atoms with Crippen molar-refractivity contribution in [2.75, 3.05) is 13.1 Å². The molecule has 6 rings (SSSR count). The summed E-state index contributed by atoms with van der Waals surface area (Å²) in [6.07, 6.45) is 19.0. The second kappa shape index (κ2) is 8.75. The predicted molar refractivity (Wildman–Crippen MR) is 124 cm³/mol. The van der Waals surface area contributed by atoms with Crippen LogP contribution in [0.5, 0.6) is 0 Å². The molecule has 1 nitrogen and oxygen atoms in total. The van der Waals surface area contributed by atoms with Gasteiger partial charge in [-0.1, -0.05) is 62.1 Å². The Labute approximate surface area is 182 Å². The number of benzene rings is 1. The monoisotopic (exact) mass is 411 g/mol. The van der Waals surface area contributed by atoms with Crippen molar-refractivity contribution in [2.24, 2.45) is 23.7 Å². The van der Waals surface area contributed by atoms with E-state index >= 15 is 0 Å². The Hall–Kier alpha value is -0.790. The maximum absolute atomic E-state index is 6.87. The Kier molecular flexibility index (Phi) is 6.08. The predicted octanol–water partition coefficient (Wildman–Crippen LogP) is 7.55. The standard InChI is InChI=1S/C27H38ClN/c1-2-29(24-8-4-3-5-9-24)12-6-7-19-10-11-25(26(28)18-19)27-22-14-20-13-21(16-22)17-23(27)15-20/h6-7,10-11,18,20-24,27H,2-5,8-9,12-17H2,1H3/b7-6-. The molecule has 29 heavy (non-hydrogen) atoms. The molecule has 158 valence electrons. The molecule has 0 radical (unpaired) electrons. The lowest BCUT2D eigenvalue weighted by Crippen LogP contribution is -2.43. The van der Waals surface area contributed by atoms with Crippen molar-refractivity contribution in [3.8, 4) is 0 Å². The van der Waals surface area contributed by atoms with Crippen molar-refractivity contribution in [2.45, 2.75) is 83.1 Å². The van der Waals surface area contributed by atoms with Gasteiger partial charge in [-0.25, -0.2) is 0 Å². The summed E-state index contributed by atoms with van der Waals surface area (Å²) < 4.78 is 0. The van der Waals surface area contributed by atoms with Crippen LogP contribution in [0.1, 0.15) is 88.2 Å². The second-order valence-electron chi connectivity index (χ2n) is 10.5. The first-order valence-corrected chi connectivity index (χ1v) is 12.8. The molecule has 0 heterocycles. The molecule has 5 aliphatic carbocycles. The normalized spacial score (nSPS) is 34.5. The van der Waals surface area contributed by atoms with Gasteiger partial charge in [0.1, 0.15) is 0 Å². The fourth-order valence-corrected chi connectivity index (χ4v) is 7.97. The highest BCUT2D eigenvalue weighted by atomic mass is 35.5. The summed E-state index contributed by atoms with van der Waals surface area (Å²) in [5.41, 5.74) is 2.72. The third-order valence-corrected chi connectivity index (χ3v) is 9.09. The lowest BCUT2D eigenvalue weighted by atomic mass is 9.51. The van der Waals surface area contributed by atoms with Gasteiger partial charge in [0.25, 0.3) is 0 Å².